The second-order valence-corrected chi connectivity index (χ2v) is 4.38. The maximum atomic E-state index is 11.7. The zero-order chi connectivity index (χ0) is 16.7. The first-order valence-corrected chi connectivity index (χ1v) is 6.91. The molecular formula is C15H17N5O3. The minimum absolute atomic E-state index is 0.0234. The molecule has 8 nitrogen and oxygen atoms in total. The average Bonchev–Trinajstić information content (AvgIpc) is 2.51. The van der Waals surface area contributed by atoms with E-state index in [1.54, 1.807) is 6.08 Å². The number of aromatic nitrogens is 3. The summed E-state index contributed by atoms with van der Waals surface area (Å²) < 4.78 is 10.5. The predicted octanol–water partition coefficient (Wildman–Crippen LogP) is 1.19. The van der Waals surface area contributed by atoms with Gasteiger partial charge in [0.15, 0.2) is 12.4 Å². The van der Waals surface area contributed by atoms with Crippen LogP contribution >= 0.6 is 0 Å². The van der Waals surface area contributed by atoms with Crippen molar-refractivity contribution in [3.05, 3.63) is 41.7 Å². The maximum Gasteiger partial charge on any atom is 0.331 e. The third-order valence-electron chi connectivity index (χ3n) is 2.68. The van der Waals surface area contributed by atoms with Gasteiger partial charge in [-0.3, -0.25) is 0 Å². The molecule has 4 N–H and O–H groups in total. The third kappa shape index (κ3) is 4.95. The van der Waals surface area contributed by atoms with Gasteiger partial charge in [0.25, 0.3) is 0 Å². The molecule has 120 valence electrons. The van der Waals surface area contributed by atoms with Crippen LogP contribution in [0.25, 0.3) is 6.08 Å². The average molecular weight is 315 g/mol. The van der Waals surface area contributed by atoms with Crippen molar-refractivity contribution in [2.24, 2.45) is 0 Å². The van der Waals surface area contributed by atoms with E-state index in [-0.39, 0.29) is 24.3 Å². The number of ether oxygens (including phenoxy) is 2. The number of nitrogens with zero attached hydrogens (tertiary/aromatic N) is 3. The van der Waals surface area contributed by atoms with E-state index in [0.717, 1.165) is 5.56 Å². The molecule has 2 aromatic rings. The van der Waals surface area contributed by atoms with Gasteiger partial charge in [-0.05, 0) is 19.1 Å². The SMILES string of the molecule is CCOc1ccccc1/C=C/C(=O)OCc1nc(N)nc(N)n1. The topological polar surface area (TPSA) is 126 Å². The van der Waals surface area contributed by atoms with Crippen molar-refractivity contribution in [2.75, 3.05) is 18.1 Å². The molecule has 2 rings (SSSR count). The van der Waals surface area contributed by atoms with Gasteiger partial charge in [-0.2, -0.15) is 15.0 Å². The number of carbonyl (C=O) groups is 1. The Balaban J connectivity index is 1.97. The van der Waals surface area contributed by atoms with Crippen LogP contribution in [0.2, 0.25) is 0 Å². The molecule has 1 aromatic carbocycles. The summed E-state index contributed by atoms with van der Waals surface area (Å²) in [5.41, 5.74) is 11.6. The van der Waals surface area contributed by atoms with Gasteiger partial charge in [0.1, 0.15) is 5.75 Å². The molecule has 0 saturated carbocycles. The largest absolute Gasteiger partial charge is 0.493 e. The van der Waals surface area contributed by atoms with Gasteiger partial charge in [0.2, 0.25) is 11.9 Å². The number of nitrogens with two attached hydrogens (primary N) is 2. The molecule has 0 aliphatic heterocycles. The first kappa shape index (κ1) is 16.2. The smallest absolute Gasteiger partial charge is 0.331 e. The summed E-state index contributed by atoms with van der Waals surface area (Å²) in [5, 5.41) is 0. The zero-order valence-electron chi connectivity index (χ0n) is 12.6. The first-order chi connectivity index (χ1) is 11.1. The maximum absolute atomic E-state index is 11.7. The molecule has 23 heavy (non-hydrogen) atoms. The lowest BCUT2D eigenvalue weighted by molar-refractivity contribution is -0.139. The van der Waals surface area contributed by atoms with Crippen LogP contribution in [0.3, 0.4) is 0 Å². The summed E-state index contributed by atoms with van der Waals surface area (Å²) in [5.74, 6) is 0.284. The number of nitrogen functional groups attached to an aromatic ring is 2. The fourth-order valence-electron chi connectivity index (χ4n) is 1.77. The molecule has 0 atom stereocenters. The van der Waals surface area contributed by atoms with Crippen LogP contribution in [-0.2, 0) is 16.1 Å². The monoisotopic (exact) mass is 315 g/mol. The molecule has 1 aromatic heterocycles. The van der Waals surface area contributed by atoms with Crippen molar-refractivity contribution in [2.45, 2.75) is 13.5 Å². The number of rotatable bonds is 6. The molecule has 0 fully saturated rings. The van der Waals surface area contributed by atoms with Crippen molar-refractivity contribution in [3.63, 3.8) is 0 Å². The lowest BCUT2D eigenvalue weighted by atomic mass is 10.2. The van der Waals surface area contributed by atoms with Gasteiger partial charge >= 0.3 is 5.97 Å². The van der Waals surface area contributed by atoms with E-state index in [4.69, 9.17) is 20.9 Å². The van der Waals surface area contributed by atoms with Gasteiger partial charge in [-0.15, -0.1) is 0 Å². The highest BCUT2D eigenvalue weighted by molar-refractivity contribution is 5.87. The Morgan fingerprint density at radius 2 is 1.87 bits per heavy atom. The Hall–Kier alpha value is -3.16. The van der Waals surface area contributed by atoms with Crippen LogP contribution in [0.15, 0.2) is 30.3 Å². The summed E-state index contributed by atoms with van der Waals surface area (Å²) >= 11 is 0. The quantitative estimate of drug-likeness (QED) is 0.601. The van der Waals surface area contributed by atoms with E-state index in [9.17, 15) is 4.79 Å². The second-order valence-electron chi connectivity index (χ2n) is 4.38. The number of esters is 1. The Morgan fingerprint density at radius 3 is 2.57 bits per heavy atom. The Morgan fingerprint density at radius 1 is 1.17 bits per heavy atom. The number of anilines is 2. The lowest BCUT2D eigenvalue weighted by Crippen LogP contribution is -2.09. The molecule has 0 saturated heterocycles. The molecular weight excluding hydrogens is 298 g/mol. The minimum Gasteiger partial charge on any atom is -0.493 e. The molecule has 0 aliphatic carbocycles. The number of para-hydroxylation sites is 1. The first-order valence-electron chi connectivity index (χ1n) is 6.91. The van der Waals surface area contributed by atoms with Crippen LogP contribution in [0.1, 0.15) is 18.3 Å². The highest BCUT2D eigenvalue weighted by atomic mass is 16.5. The number of benzene rings is 1. The Kier molecular flexibility index (Phi) is 5.45. The molecule has 0 bridgehead atoms. The highest BCUT2D eigenvalue weighted by Gasteiger charge is 2.05. The number of carbonyl (C=O) groups excluding carboxylic acids is 1. The molecule has 0 radical (unpaired) electrons. The van der Waals surface area contributed by atoms with Gasteiger partial charge in [0, 0.05) is 11.6 Å². The van der Waals surface area contributed by atoms with Crippen molar-refractivity contribution in [1.29, 1.82) is 0 Å². The Bertz CT molecular complexity index is 698. The normalized spacial score (nSPS) is 10.7. The molecule has 1 heterocycles. The van der Waals surface area contributed by atoms with Crippen molar-refractivity contribution >= 4 is 23.9 Å². The van der Waals surface area contributed by atoms with E-state index in [2.05, 4.69) is 15.0 Å². The van der Waals surface area contributed by atoms with Gasteiger partial charge < -0.3 is 20.9 Å². The van der Waals surface area contributed by atoms with E-state index in [1.165, 1.54) is 6.08 Å². The third-order valence-corrected chi connectivity index (χ3v) is 2.68. The van der Waals surface area contributed by atoms with Gasteiger partial charge in [0.05, 0.1) is 6.61 Å². The molecule has 0 amide bonds. The van der Waals surface area contributed by atoms with Crippen molar-refractivity contribution in [3.8, 4) is 5.75 Å². The van der Waals surface area contributed by atoms with E-state index < -0.39 is 5.97 Å². The fourth-order valence-corrected chi connectivity index (χ4v) is 1.77. The van der Waals surface area contributed by atoms with E-state index in [1.807, 2.05) is 31.2 Å². The molecule has 8 heteroatoms. The van der Waals surface area contributed by atoms with Gasteiger partial charge in [-0.1, -0.05) is 18.2 Å². The number of hydrogen-bond donors (Lipinski definition) is 2. The molecule has 0 unspecified atom stereocenters. The summed E-state index contributed by atoms with van der Waals surface area (Å²) in [6.45, 7) is 2.28. The lowest BCUT2D eigenvalue weighted by Gasteiger charge is -2.06. The Labute approximate surface area is 133 Å². The summed E-state index contributed by atoms with van der Waals surface area (Å²) in [6, 6.07) is 7.37. The highest BCUT2D eigenvalue weighted by Crippen LogP contribution is 2.19. The van der Waals surface area contributed by atoms with Crippen molar-refractivity contribution in [1.82, 2.24) is 15.0 Å². The standard InChI is InChI=1S/C15H17N5O3/c1-2-22-11-6-4-3-5-10(11)7-8-13(21)23-9-12-18-14(16)20-15(17)19-12/h3-8H,2,9H2,1H3,(H4,16,17,18,19,20)/b8-7+. The van der Waals surface area contributed by atoms with E-state index >= 15 is 0 Å². The summed E-state index contributed by atoms with van der Waals surface area (Å²) in [6.07, 6.45) is 2.91. The predicted molar refractivity (Wildman–Crippen MR) is 85.1 cm³/mol. The van der Waals surface area contributed by atoms with Crippen LogP contribution in [0, 0.1) is 0 Å². The van der Waals surface area contributed by atoms with Gasteiger partial charge in [-0.25, -0.2) is 4.79 Å². The van der Waals surface area contributed by atoms with Crippen LogP contribution in [0.4, 0.5) is 11.9 Å². The summed E-state index contributed by atoms with van der Waals surface area (Å²) in [7, 11) is 0. The van der Waals surface area contributed by atoms with Crippen LogP contribution < -0.4 is 16.2 Å². The number of hydrogen-bond acceptors (Lipinski definition) is 8. The molecule has 0 aliphatic rings. The fraction of sp³-hybridized carbons (Fsp3) is 0.200. The second kappa shape index (κ2) is 7.74. The van der Waals surface area contributed by atoms with Crippen LogP contribution in [0.5, 0.6) is 5.75 Å². The van der Waals surface area contributed by atoms with Crippen molar-refractivity contribution < 1.29 is 14.3 Å². The van der Waals surface area contributed by atoms with Crippen LogP contribution in [-0.4, -0.2) is 27.5 Å². The zero-order valence-corrected chi connectivity index (χ0v) is 12.6. The molecule has 0 spiro atoms. The van der Waals surface area contributed by atoms with E-state index in [0.29, 0.717) is 12.4 Å². The summed E-state index contributed by atoms with van der Waals surface area (Å²) in [4.78, 5) is 23.0. The minimum atomic E-state index is -0.547.